The number of unbranched alkanes of at least 4 members (excludes halogenated alkanes) is 54. The minimum absolute atomic E-state index is 0.149. The average Bonchev–Trinajstić information content (AvgIpc) is 3.57. The zero-order chi connectivity index (χ0) is 63.3. The van der Waals surface area contributed by atoms with Crippen LogP contribution in [0.3, 0.4) is 0 Å². The Labute approximate surface area is 541 Å². The van der Waals surface area contributed by atoms with Crippen LogP contribution < -0.4 is 5.11 Å². The predicted octanol–water partition coefficient (Wildman–Crippen LogP) is 22.8. The Morgan fingerprint density at radius 1 is 0.345 bits per heavy atom. The van der Waals surface area contributed by atoms with Crippen LogP contribution in [0.1, 0.15) is 399 Å². The van der Waals surface area contributed by atoms with E-state index < -0.39 is 24.3 Å². The van der Waals surface area contributed by atoms with Crippen LogP contribution in [0.15, 0.2) is 24.3 Å². The standard InChI is InChI=1S/C78H149NO8/c1-6-8-10-12-14-16-18-20-22-24-26-28-29-30-31-32-33-34-35-36-37-38-39-40-41-42-43-44-45-46-47-49-50-52-54-56-58-60-62-64-66-68-75(80)85-72-74(73-86-78(77(82)83)84-71-70-79(3,4)5)87-76(81)69-67-65-63-61-59-57-55-53-51-48-27-25-23-21-19-17-15-13-11-9-7-2/h19,21,25,27,74,78H,6-18,20,22-24,26,28-73H2,1-5H3/b21-19-,27-25-. The average molecular weight is 1230 g/mol. The first-order valence-electron chi connectivity index (χ1n) is 38.5. The molecule has 0 aromatic rings. The number of carbonyl (C=O) groups excluding carboxylic acids is 3. The fourth-order valence-corrected chi connectivity index (χ4v) is 11.8. The molecule has 0 aromatic carbocycles. The van der Waals surface area contributed by atoms with Crippen molar-refractivity contribution < 1.29 is 42.9 Å². The van der Waals surface area contributed by atoms with Crippen molar-refractivity contribution in [3.63, 3.8) is 0 Å². The van der Waals surface area contributed by atoms with Crippen molar-refractivity contribution in [1.82, 2.24) is 0 Å². The summed E-state index contributed by atoms with van der Waals surface area (Å²) in [5.41, 5.74) is 0. The van der Waals surface area contributed by atoms with Crippen LogP contribution in [0.2, 0.25) is 0 Å². The van der Waals surface area contributed by atoms with Gasteiger partial charge in [-0.05, 0) is 44.9 Å². The molecule has 0 heterocycles. The van der Waals surface area contributed by atoms with Gasteiger partial charge in [-0.1, -0.05) is 366 Å². The first-order valence-corrected chi connectivity index (χ1v) is 38.5. The van der Waals surface area contributed by atoms with Crippen LogP contribution in [-0.4, -0.2) is 82.3 Å². The van der Waals surface area contributed by atoms with Gasteiger partial charge in [0.15, 0.2) is 12.4 Å². The van der Waals surface area contributed by atoms with Gasteiger partial charge in [-0.25, -0.2) is 0 Å². The lowest BCUT2D eigenvalue weighted by Gasteiger charge is -2.26. The van der Waals surface area contributed by atoms with E-state index in [1.165, 1.54) is 315 Å². The molecule has 0 aliphatic heterocycles. The molecule has 0 fully saturated rings. The Morgan fingerprint density at radius 3 is 0.908 bits per heavy atom. The van der Waals surface area contributed by atoms with Gasteiger partial charge in [0.05, 0.1) is 40.3 Å². The summed E-state index contributed by atoms with van der Waals surface area (Å²) in [5.74, 6) is -2.26. The summed E-state index contributed by atoms with van der Waals surface area (Å²) in [5, 5.41) is 11.8. The number of ether oxygens (including phenoxy) is 4. The van der Waals surface area contributed by atoms with E-state index in [1.807, 2.05) is 21.1 Å². The predicted molar refractivity (Wildman–Crippen MR) is 371 cm³/mol. The van der Waals surface area contributed by atoms with Gasteiger partial charge in [0.1, 0.15) is 13.2 Å². The maximum atomic E-state index is 12.9. The number of quaternary nitrogens is 1. The second-order valence-corrected chi connectivity index (χ2v) is 27.7. The van der Waals surface area contributed by atoms with Crippen molar-refractivity contribution in [2.24, 2.45) is 0 Å². The molecule has 2 unspecified atom stereocenters. The molecule has 0 amide bonds. The summed E-state index contributed by atoms with van der Waals surface area (Å²) in [6, 6.07) is 0. The summed E-state index contributed by atoms with van der Waals surface area (Å²) in [4.78, 5) is 37.5. The minimum Gasteiger partial charge on any atom is -0.545 e. The maximum absolute atomic E-state index is 12.9. The lowest BCUT2D eigenvalue weighted by atomic mass is 10.0. The highest BCUT2D eigenvalue weighted by Crippen LogP contribution is 2.20. The zero-order valence-electron chi connectivity index (χ0n) is 58.9. The van der Waals surface area contributed by atoms with Gasteiger partial charge >= 0.3 is 11.9 Å². The zero-order valence-corrected chi connectivity index (χ0v) is 58.9. The molecule has 9 nitrogen and oxygen atoms in total. The lowest BCUT2D eigenvalue weighted by molar-refractivity contribution is -0.870. The topological polar surface area (TPSA) is 111 Å². The van der Waals surface area contributed by atoms with Crippen molar-refractivity contribution in [2.45, 2.75) is 411 Å². The van der Waals surface area contributed by atoms with Crippen molar-refractivity contribution >= 4 is 17.9 Å². The smallest absolute Gasteiger partial charge is 0.306 e. The van der Waals surface area contributed by atoms with Crippen LogP contribution in [-0.2, 0) is 33.3 Å². The Morgan fingerprint density at radius 2 is 0.621 bits per heavy atom. The second-order valence-electron chi connectivity index (χ2n) is 27.7. The number of aliphatic carboxylic acids is 1. The van der Waals surface area contributed by atoms with Crippen LogP contribution in [0, 0.1) is 0 Å². The first kappa shape index (κ1) is 84.8. The molecule has 0 rings (SSSR count). The van der Waals surface area contributed by atoms with Gasteiger partial charge < -0.3 is 33.3 Å². The molecule has 0 radical (unpaired) electrons. The van der Waals surface area contributed by atoms with Gasteiger partial charge in [-0.15, -0.1) is 0 Å². The number of nitrogens with zero attached hydrogens (tertiary/aromatic N) is 1. The fourth-order valence-electron chi connectivity index (χ4n) is 11.8. The number of rotatable bonds is 73. The molecule has 0 aliphatic rings. The number of carbonyl (C=O) groups is 3. The number of carboxylic acid groups (broad SMARTS) is 1. The molecule has 0 saturated heterocycles. The van der Waals surface area contributed by atoms with Crippen molar-refractivity contribution in [3.05, 3.63) is 24.3 Å². The first-order chi connectivity index (χ1) is 42.6. The van der Waals surface area contributed by atoms with E-state index in [0.29, 0.717) is 23.9 Å². The second kappa shape index (κ2) is 69.7. The maximum Gasteiger partial charge on any atom is 0.306 e. The van der Waals surface area contributed by atoms with Crippen molar-refractivity contribution in [1.29, 1.82) is 0 Å². The monoisotopic (exact) mass is 1230 g/mol. The quantitative estimate of drug-likeness (QED) is 0.0195. The van der Waals surface area contributed by atoms with Gasteiger partial charge in [0.25, 0.3) is 0 Å². The Kier molecular flexibility index (Phi) is 67.9. The third-order valence-electron chi connectivity index (χ3n) is 17.7. The van der Waals surface area contributed by atoms with Crippen LogP contribution in [0.4, 0.5) is 0 Å². The van der Waals surface area contributed by atoms with Crippen LogP contribution in [0.25, 0.3) is 0 Å². The highest BCUT2D eigenvalue weighted by molar-refractivity contribution is 5.70. The number of carboxylic acids is 1. The van der Waals surface area contributed by atoms with E-state index in [1.54, 1.807) is 0 Å². The minimum atomic E-state index is -1.62. The molecule has 0 aliphatic carbocycles. The fraction of sp³-hybridized carbons (Fsp3) is 0.910. The largest absolute Gasteiger partial charge is 0.545 e. The number of likely N-dealkylation sites (N-methyl/N-ethyl adjacent to an activating group) is 1. The lowest BCUT2D eigenvalue weighted by Crippen LogP contribution is -2.44. The number of hydrogen-bond donors (Lipinski definition) is 0. The van der Waals surface area contributed by atoms with E-state index in [0.717, 1.165) is 51.4 Å². The van der Waals surface area contributed by atoms with Crippen LogP contribution in [0.5, 0.6) is 0 Å². The SMILES string of the molecule is CCCCCCC/C=C\C/C=C\CCCCCCCCCCCC(=O)OC(COC(=O)CCCCCCCCCCCCCCCCCCCCCCCCCCCCCCCCCCCCCCCCCCC)COC(OCC[N+](C)(C)C)C(=O)[O-]. The summed E-state index contributed by atoms with van der Waals surface area (Å²) < 4.78 is 22.8. The third kappa shape index (κ3) is 71.1. The van der Waals surface area contributed by atoms with E-state index in [2.05, 4.69) is 38.2 Å². The van der Waals surface area contributed by atoms with Crippen molar-refractivity contribution in [2.75, 3.05) is 47.5 Å². The summed E-state index contributed by atoms with van der Waals surface area (Å²) in [6.45, 7) is 4.80. The van der Waals surface area contributed by atoms with Gasteiger partial charge in [-0.3, -0.25) is 9.59 Å². The van der Waals surface area contributed by atoms with E-state index in [9.17, 15) is 19.5 Å². The van der Waals surface area contributed by atoms with E-state index >= 15 is 0 Å². The Hall–Kier alpha value is -2.23. The van der Waals surface area contributed by atoms with Gasteiger partial charge in [0, 0.05) is 12.8 Å². The summed E-state index contributed by atoms with van der Waals surface area (Å²) in [7, 11) is 5.94. The molecular weight excluding hydrogens is 1080 g/mol. The van der Waals surface area contributed by atoms with Crippen molar-refractivity contribution in [3.8, 4) is 0 Å². The number of esters is 2. The Bertz CT molecular complexity index is 1480. The highest BCUT2D eigenvalue weighted by atomic mass is 16.7. The highest BCUT2D eigenvalue weighted by Gasteiger charge is 2.22. The molecule has 0 bridgehead atoms. The van der Waals surface area contributed by atoms with Gasteiger partial charge in [-0.2, -0.15) is 0 Å². The molecule has 9 heteroatoms. The summed E-state index contributed by atoms with van der Waals surface area (Å²) in [6.07, 6.45) is 84.5. The van der Waals surface area contributed by atoms with Crippen LogP contribution >= 0.6 is 0 Å². The van der Waals surface area contributed by atoms with E-state index in [-0.39, 0.29) is 32.2 Å². The Balaban J connectivity index is 3.90. The summed E-state index contributed by atoms with van der Waals surface area (Å²) >= 11 is 0. The number of hydrogen-bond acceptors (Lipinski definition) is 8. The normalized spacial score (nSPS) is 12.7. The molecule has 0 saturated carbocycles. The molecule has 0 N–H and O–H groups in total. The molecule has 514 valence electrons. The van der Waals surface area contributed by atoms with E-state index in [4.69, 9.17) is 18.9 Å². The molecular formula is C78H149NO8. The molecule has 87 heavy (non-hydrogen) atoms. The molecule has 0 spiro atoms. The molecule has 2 atom stereocenters. The number of allylic oxidation sites excluding steroid dienone is 4. The molecule has 0 aromatic heterocycles. The third-order valence-corrected chi connectivity index (χ3v) is 17.7. The van der Waals surface area contributed by atoms with Gasteiger partial charge in [0.2, 0.25) is 0 Å².